The lowest BCUT2D eigenvalue weighted by molar-refractivity contribution is 0.0954. The van der Waals surface area contributed by atoms with E-state index in [1.165, 1.54) is 23.9 Å². The normalized spacial score (nSPS) is 10.3. The summed E-state index contributed by atoms with van der Waals surface area (Å²) in [6.07, 6.45) is 1.65. The molecule has 1 heterocycles. The average Bonchev–Trinajstić information content (AvgIpc) is 2.52. The molecule has 2 aromatic rings. The van der Waals surface area contributed by atoms with Gasteiger partial charge in [0.25, 0.3) is 5.91 Å². The fourth-order valence-electron chi connectivity index (χ4n) is 1.68. The van der Waals surface area contributed by atoms with Crippen LogP contribution in [0.5, 0.6) is 0 Å². The van der Waals surface area contributed by atoms with Crippen LogP contribution in [0.2, 0.25) is 0 Å². The fraction of sp³-hybridized carbons (Fsp3) is 0.125. The van der Waals surface area contributed by atoms with Gasteiger partial charge in [-0.15, -0.1) is 11.8 Å². The van der Waals surface area contributed by atoms with Crippen LogP contribution in [0.4, 0.5) is 4.39 Å². The molecule has 0 fully saturated rings. The van der Waals surface area contributed by atoms with Crippen molar-refractivity contribution in [3.05, 3.63) is 70.6 Å². The summed E-state index contributed by atoms with van der Waals surface area (Å²) in [5.41, 5.74) is 1.49. The lowest BCUT2D eigenvalue weighted by Gasteiger charge is -2.08. The zero-order chi connectivity index (χ0) is 15.9. The molecule has 2 rings (SSSR count). The van der Waals surface area contributed by atoms with Gasteiger partial charge in [0.15, 0.2) is 0 Å². The number of benzene rings is 1. The number of nitrogens with one attached hydrogen (secondary N) is 1. The Morgan fingerprint density at radius 2 is 2.05 bits per heavy atom. The molecule has 0 aliphatic heterocycles. The number of pyridine rings is 1. The van der Waals surface area contributed by atoms with Crippen LogP contribution in [0, 0.1) is 5.82 Å². The maximum atomic E-state index is 12.9. The van der Waals surface area contributed by atoms with Crippen LogP contribution in [0.1, 0.15) is 15.9 Å². The van der Waals surface area contributed by atoms with E-state index in [0.29, 0.717) is 27.4 Å². The van der Waals surface area contributed by atoms with Crippen molar-refractivity contribution in [3.63, 3.8) is 0 Å². The molecule has 1 N–H and O–H groups in total. The summed E-state index contributed by atoms with van der Waals surface area (Å²) in [5.74, 6) is 0.153. The topological polar surface area (TPSA) is 42.0 Å². The molecule has 0 aliphatic carbocycles. The van der Waals surface area contributed by atoms with Crippen LogP contribution in [0.25, 0.3) is 0 Å². The third-order valence-corrected chi connectivity index (χ3v) is 4.10. The molecule has 0 spiro atoms. The van der Waals surface area contributed by atoms with Crippen LogP contribution in [0.15, 0.2) is 58.7 Å². The van der Waals surface area contributed by atoms with Crippen LogP contribution in [-0.2, 0) is 5.75 Å². The molecular weight excluding hydrogens is 367 g/mol. The van der Waals surface area contributed by atoms with E-state index in [2.05, 4.69) is 32.8 Å². The summed E-state index contributed by atoms with van der Waals surface area (Å²) in [4.78, 5) is 16.4. The van der Waals surface area contributed by atoms with Crippen molar-refractivity contribution in [3.8, 4) is 0 Å². The number of halogens is 2. The Kier molecular flexibility index (Phi) is 6.15. The summed E-state index contributed by atoms with van der Waals surface area (Å²) in [7, 11) is 0. The smallest absolute Gasteiger partial charge is 0.254 e. The van der Waals surface area contributed by atoms with E-state index in [9.17, 15) is 9.18 Å². The quantitative estimate of drug-likeness (QED) is 0.765. The van der Waals surface area contributed by atoms with Crippen LogP contribution in [-0.4, -0.2) is 17.4 Å². The number of amides is 1. The summed E-state index contributed by atoms with van der Waals surface area (Å²) >= 11 is 4.64. The van der Waals surface area contributed by atoms with Gasteiger partial charge in [0.2, 0.25) is 0 Å². The summed E-state index contributed by atoms with van der Waals surface area (Å²) in [6, 6.07) is 9.74. The Morgan fingerprint density at radius 1 is 1.32 bits per heavy atom. The molecule has 22 heavy (non-hydrogen) atoms. The standard InChI is InChI=1S/C16H14BrFN2OS/c1-11(17)9-20-15(21)14-3-2-8-19-16(14)22-10-12-4-6-13(18)7-5-12/h2-8H,1,9-10H2,(H,20,21). The number of carbonyl (C=O) groups excluding carboxylic acids is 1. The largest absolute Gasteiger partial charge is 0.347 e. The van der Waals surface area contributed by atoms with Crippen molar-refractivity contribution in [1.82, 2.24) is 10.3 Å². The third-order valence-electron chi connectivity index (χ3n) is 2.75. The third kappa shape index (κ3) is 4.96. The summed E-state index contributed by atoms with van der Waals surface area (Å²) in [6.45, 7) is 4.03. The molecule has 114 valence electrons. The predicted molar refractivity (Wildman–Crippen MR) is 90.6 cm³/mol. The van der Waals surface area contributed by atoms with E-state index in [-0.39, 0.29) is 11.7 Å². The molecule has 3 nitrogen and oxygen atoms in total. The van der Waals surface area contributed by atoms with Gasteiger partial charge in [-0.1, -0.05) is 34.6 Å². The maximum absolute atomic E-state index is 12.9. The first-order chi connectivity index (χ1) is 10.6. The van der Waals surface area contributed by atoms with E-state index in [1.807, 2.05) is 0 Å². The summed E-state index contributed by atoms with van der Waals surface area (Å²) in [5, 5.41) is 3.40. The highest BCUT2D eigenvalue weighted by Crippen LogP contribution is 2.24. The number of hydrogen-bond donors (Lipinski definition) is 1. The highest BCUT2D eigenvalue weighted by Gasteiger charge is 2.12. The minimum absolute atomic E-state index is 0.199. The van der Waals surface area contributed by atoms with Crippen LogP contribution >= 0.6 is 27.7 Å². The van der Waals surface area contributed by atoms with Gasteiger partial charge in [0.1, 0.15) is 10.8 Å². The lowest BCUT2D eigenvalue weighted by Crippen LogP contribution is -2.25. The predicted octanol–water partition coefficient (Wildman–Crippen LogP) is 4.15. The number of hydrogen-bond acceptors (Lipinski definition) is 3. The van der Waals surface area contributed by atoms with Crippen LogP contribution < -0.4 is 5.32 Å². The summed E-state index contributed by atoms with van der Waals surface area (Å²) < 4.78 is 13.6. The van der Waals surface area contributed by atoms with Crippen molar-refractivity contribution in [2.45, 2.75) is 10.8 Å². The average molecular weight is 381 g/mol. The first kappa shape index (κ1) is 16.7. The molecule has 0 unspecified atom stereocenters. The minimum Gasteiger partial charge on any atom is -0.347 e. The number of nitrogens with zero attached hydrogens (tertiary/aromatic N) is 1. The molecule has 0 saturated heterocycles. The molecule has 0 bridgehead atoms. The molecule has 1 aromatic carbocycles. The van der Waals surface area contributed by atoms with Crippen molar-refractivity contribution < 1.29 is 9.18 Å². The Balaban J connectivity index is 2.06. The molecule has 0 saturated carbocycles. The van der Waals surface area contributed by atoms with Crippen molar-refractivity contribution in [2.75, 3.05) is 6.54 Å². The van der Waals surface area contributed by atoms with Crippen molar-refractivity contribution in [2.24, 2.45) is 0 Å². The monoisotopic (exact) mass is 380 g/mol. The van der Waals surface area contributed by atoms with E-state index in [1.54, 1.807) is 30.5 Å². The second-order valence-corrected chi connectivity index (χ2v) is 6.56. The van der Waals surface area contributed by atoms with Crippen molar-refractivity contribution >= 4 is 33.6 Å². The van der Waals surface area contributed by atoms with E-state index in [4.69, 9.17) is 0 Å². The van der Waals surface area contributed by atoms with Crippen molar-refractivity contribution in [1.29, 1.82) is 0 Å². The Labute approximate surface area is 141 Å². The van der Waals surface area contributed by atoms with E-state index in [0.717, 1.165) is 5.56 Å². The van der Waals surface area contributed by atoms with Gasteiger partial charge in [0.05, 0.1) is 5.56 Å². The molecule has 1 aromatic heterocycles. The highest BCUT2D eigenvalue weighted by atomic mass is 79.9. The second-order valence-electron chi connectivity index (χ2n) is 4.47. The van der Waals surface area contributed by atoms with Gasteiger partial charge in [-0.3, -0.25) is 4.79 Å². The lowest BCUT2D eigenvalue weighted by atomic mass is 10.2. The Hall–Kier alpha value is -1.66. The van der Waals surface area contributed by atoms with Gasteiger partial charge in [-0.2, -0.15) is 0 Å². The number of aromatic nitrogens is 1. The van der Waals surface area contributed by atoms with Gasteiger partial charge in [0, 0.05) is 23.0 Å². The molecule has 0 aliphatic rings. The number of carbonyl (C=O) groups is 1. The molecule has 1 amide bonds. The zero-order valence-electron chi connectivity index (χ0n) is 11.7. The fourth-order valence-corrected chi connectivity index (χ4v) is 2.77. The van der Waals surface area contributed by atoms with E-state index < -0.39 is 0 Å². The molecule has 0 atom stereocenters. The number of rotatable bonds is 6. The minimum atomic E-state index is -0.262. The highest BCUT2D eigenvalue weighted by molar-refractivity contribution is 9.11. The molecule has 0 radical (unpaired) electrons. The number of thioether (sulfide) groups is 1. The van der Waals surface area contributed by atoms with Crippen LogP contribution in [0.3, 0.4) is 0 Å². The Morgan fingerprint density at radius 3 is 2.73 bits per heavy atom. The molecule has 6 heteroatoms. The van der Waals surface area contributed by atoms with E-state index >= 15 is 0 Å². The first-order valence-electron chi connectivity index (χ1n) is 6.50. The second kappa shape index (κ2) is 8.10. The first-order valence-corrected chi connectivity index (χ1v) is 8.28. The molecular formula is C16H14BrFN2OS. The maximum Gasteiger partial charge on any atom is 0.254 e. The zero-order valence-corrected chi connectivity index (χ0v) is 14.1. The Bertz CT molecular complexity index is 676. The van der Waals surface area contributed by atoms with Gasteiger partial charge in [-0.25, -0.2) is 9.37 Å². The van der Waals surface area contributed by atoms with Gasteiger partial charge < -0.3 is 5.32 Å². The SMILES string of the molecule is C=C(Br)CNC(=O)c1cccnc1SCc1ccc(F)cc1. The van der Waals surface area contributed by atoms with Gasteiger partial charge >= 0.3 is 0 Å². The van der Waals surface area contributed by atoms with Gasteiger partial charge in [-0.05, 0) is 29.8 Å².